The molecule has 700 valence electrons. The van der Waals surface area contributed by atoms with Crippen LogP contribution in [0, 0.1) is 0 Å². The number of hydrogen-bond acceptors (Lipinski definition) is 26. The minimum Gasteiger partial charge on any atom is -0.486 e. The molecule has 34 heteroatoms. The molecule has 9 aromatic carbocycles. The van der Waals surface area contributed by atoms with Crippen molar-refractivity contribution in [1.82, 2.24) is 75.4 Å². The molecule has 9 N–H and O–H groups in total. The fraction of sp³-hybridized carbons (Fsp3) is 0.219. The molecule has 7 aliphatic heterocycles. The zero-order valence-electron chi connectivity index (χ0n) is 75.4. The zero-order chi connectivity index (χ0) is 93.9. The lowest BCUT2D eigenvalue weighted by Crippen LogP contribution is -2.36. The van der Waals surface area contributed by atoms with Crippen LogP contribution in [0.15, 0.2) is 250 Å². The van der Waals surface area contributed by atoms with Crippen molar-refractivity contribution in [3.63, 3.8) is 0 Å². The second kappa shape index (κ2) is 40.9. The Kier molecular flexibility index (Phi) is 26.1. The minimum atomic E-state index is -0.329. The molecule has 7 aliphatic rings. The van der Waals surface area contributed by atoms with Crippen LogP contribution in [0.1, 0.15) is 77.9 Å². The Hall–Kier alpha value is -16.7. The number of morpholine rings is 1. The number of amides is 4. The van der Waals surface area contributed by atoms with Crippen molar-refractivity contribution >= 4 is 90.0 Å². The van der Waals surface area contributed by atoms with Crippen molar-refractivity contribution in [2.75, 3.05) is 127 Å². The van der Waals surface area contributed by atoms with E-state index in [1.165, 1.54) is 12.0 Å². The van der Waals surface area contributed by atoms with Gasteiger partial charge in [0.05, 0.1) is 47.6 Å². The largest absolute Gasteiger partial charge is 0.486 e. The summed E-state index contributed by atoms with van der Waals surface area (Å²) in [5, 5.41) is 53.2. The normalized spacial score (nSPS) is 14.9. The van der Waals surface area contributed by atoms with E-state index in [0.717, 1.165) is 185 Å². The summed E-state index contributed by atoms with van der Waals surface area (Å²) in [5.41, 5.74) is 18.0. The third-order valence-electron chi connectivity index (χ3n) is 24.5. The van der Waals surface area contributed by atoms with Gasteiger partial charge in [-0.3, -0.25) is 74.2 Å². The van der Waals surface area contributed by atoms with Crippen LogP contribution in [0.5, 0.6) is 57.5 Å². The zero-order valence-corrected chi connectivity index (χ0v) is 75.4. The number of aliphatic hydroxyl groups excluding tert-OH is 1. The number of likely N-dealkylation sites (tertiary alicyclic amines) is 2. The van der Waals surface area contributed by atoms with Crippen molar-refractivity contribution in [1.29, 1.82) is 0 Å². The Morgan fingerprint density at radius 2 is 0.619 bits per heavy atom. The van der Waals surface area contributed by atoms with E-state index in [4.69, 9.17) is 47.4 Å². The van der Waals surface area contributed by atoms with Crippen LogP contribution in [-0.4, -0.2) is 216 Å². The number of rotatable bonds is 20. The lowest BCUT2D eigenvalue weighted by atomic mass is 10.0. The summed E-state index contributed by atoms with van der Waals surface area (Å²) in [6.45, 7) is 14.0. The molecule has 8 aromatic heterocycles. The first-order valence-corrected chi connectivity index (χ1v) is 46.0. The highest BCUT2D eigenvalue weighted by Gasteiger charge is 2.27. The summed E-state index contributed by atoms with van der Waals surface area (Å²) in [6.07, 6.45) is 17.4. The van der Waals surface area contributed by atoms with Crippen LogP contribution in [-0.2, 0) is 24.4 Å². The topological polar surface area (TPSA) is 405 Å². The number of para-hydroxylation sites is 1. The predicted octanol–water partition coefficient (Wildman–Crippen LogP) is 16.4. The summed E-state index contributed by atoms with van der Waals surface area (Å²) in [4.78, 5) is 77.1. The van der Waals surface area contributed by atoms with E-state index < -0.39 is 0 Å². The second-order valence-corrected chi connectivity index (χ2v) is 34.2. The molecule has 24 rings (SSSR count). The Labute approximate surface area is 795 Å². The van der Waals surface area contributed by atoms with Crippen molar-refractivity contribution in [3.05, 3.63) is 289 Å². The third kappa shape index (κ3) is 20.9. The number of carbonyl (C=O) groups is 4. The number of H-pyrrole nitrogens is 4. The van der Waals surface area contributed by atoms with E-state index in [9.17, 15) is 24.3 Å². The molecule has 3 fully saturated rings. The number of ether oxygens (including phenoxy) is 10. The molecule has 15 heterocycles. The molecule has 0 aliphatic carbocycles. The fourth-order valence-corrected chi connectivity index (χ4v) is 17.3. The molecule has 34 nitrogen and oxygen atoms in total. The number of nitrogens with one attached hydrogen (secondary N) is 8. The maximum atomic E-state index is 13.1. The first kappa shape index (κ1) is 88.9. The highest BCUT2D eigenvalue weighted by atomic mass is 16.6. The van der Waals surface area contributed by atoms with E-state index in [1.54, 1.807) is 85.2 Å². The lowest BCUT2D eigenvalue weighted by Gasteiger charge is -2.30. The monoisotopic (exact) mass is 1860 g/mol. The Morgan fingerprint density at radius 1 is 0.309 bits per heavy atom. The quantitative estimate of drug-likeness (QED) is 0.0342. The molecule has 0 saturated carbocycles. The number of anilines is 4. The molecule has 4 amide bonds. The van der Waals surface area contributed by atoms with E-state index in [-0.39, 0.29) is 29.7 Å². The molecular formula is C105H95N19O15. The van der Waals surface area contributed by atoms with Gasteiger partial charge in [0, 0.05) is 180 Å². The van der Waals surface area contributed by atoms with Crippen molar-refractivity contribution in [2.24, 2.45) is 0 Å². The fourth-order valence-electron chi connectivity index (χ4n) is 17.3. The predicted molar refractivity (Wildman–Crippen MR) is 522 cm³/mol. The lowest BCUT2D eigenvalue weighted by molar-refractivity contribution is 0.0341. The minimum absolute atomic E-state index is 0.187. The van der Waals surface area contributed by atoms with Crippen molar-refractivity contribution < 1.29 is 71.7 Å². The number of aromatic nitrogens is 12. The number of hydrogen-bond donors (Lipinski definition) is 9. The smallest absolute Gasteiger partial charge is 0.276 e. The van der Waals surface area contributed by atoms with Gasteiger partial charge in [-0.1, -0.05) is 42.5 Å². The molecular weight excluding hydrogens is 1770 g/mol. The molecule has 17 aromatic rings. The molecule has 0 bridgehead atoms. The van der Waals surface area contributed by atoms with Gasteiger partial charge < -0.3 is 73.7 Å². The highest BCUT2D eigenvalue weighted by Crippen LogP contribution is 2.40. The number of piperidine rings is 1. The standard InChI is InChI=1S/C27H27N5O4.C27H20N4O4.C26H25N5O4.C25H23N5O3/c33-21-5-7-32(8-6-21)16-17-11-19(15-28-14-17)18-1-3-23-22(12-18)26(31-30-23)27(34)29-20-2-4-24-25(13-20)36-10-9-35-24;32-27(29-19-7-9-24-25(14-19)34-11-10-33-24)26-22-13-17(6-8-23(22)30-31-26)18-12-21(16-28-15-18)35-20-4-2-1-3-5-20;32-26(28-20-2-4-23-24(13-20)35-10-9-34-23)25-21-12-18(1-3-22(21)29-30-25)19-11-17(14-27-15-19)16-31-5-7-33-8-6-31;31-25(27-19-3-5-22-23(12-19)33-9-8-32-22)24-20-11-17(2-4-21(20)28-29-24)18-10-16(13-26-14-18)15-30-6-1-7-30/h1-4,11-15,21,33H,5-10,16H2,(H,29,34)(H,30,31);1-9,12-16H,10-11H2,(H,29,32)(H,30,31);1-4,11-15H,5-10,16H2,(H,28,32)(H,29,30);2-5,10-14H,1,6-9,15H2,(H,27,31)(H,28,29). The van der Waals surface area contributed by atoms with Crippen LogP contribution < -0.4 is 63.9 Å². The van der Waals surface area contributed by atoms with E-state index >= 15 is 0 Å². The van der Waals surface area contributed by atoms with Crippen LogP contribution in [0.3, 0.4) is 0 Å². The Balaban J connectivity index is 0.000000110. The van der Waals surface area contributed by atoms with Crippen molar-refractivity contribution in [3.8, 4) is 102 Å². The molecule has 0 unspecified atom stereocenters. The Morgan fingerprint density at radius 3 is 0.950 bits per heavy atom. The third-order valence-corrected chi connectivity index (χ3v) is 24.5. The number of benzene rings is 9. The number of aliphatic hydroxyl groups is 1. The van der Waals surface area contributed by atoms with E-state index in [1.807, 2.05) is 146 Å². The van der Waals surface area contributed by atoms with Crippen LogP contribution in [0.25, 0.3) is 88.1 Å². The van der Waals surface area contributed by atoms with Crippen LogP contribution >= 0.6 is 0 Å². The molecule has 0 atom stereocenters. The summed E-state index contributed by atoms with van der Waals surface area (Å²) >= 11 is 0. The number of nitrogens with zero attached hydrogens (tertiary/aromatic N) is 11. The van der Waals surface area contributed by atoms with Crippen molar-refractivity contribution in [2.45, 2.75) is 45.0 Å². The molecule has 0 spiro atoms. The maximum absolute atomic E-state index is 13.1. The number of fused-ring (bicyclic) bond motifs is 8. The molecule has 139 heavy (non-hydrogen) atoms. The van der Waals surface area contributed by atoms with Gasteiger partial charge in [-0.05, 0) is 205 Å². The summed E-state index contributed by atoms with van der Waals surface area (Å²) < 4.78 is 56.0. The van der Waals surface area contributed by atoms with Gasteiger partial charge in [-0.25, -0.2) is 0 Å². The second-order valence-electron chi connectivity index (χ2n) is 34.2. The summed E-state index contributed by atoms with van der Waals surface area (Å²) in [7, 11) is 0. The van der Waals surface area contributed by atoms with Gasteiger partial charge in [0.25, 0.3) is 23.6 Å². The first-order valence-electron chi connectivity index (χ1n) is 46.0. The average Bonchev–Trinajstić information content (AvgIpc) is 1.68. The van der Waals surface area contributed by atoms with Gasteiger partial charge in [0.2, 0.25) is 0 Å². The first-order chi connectivity index (χ1) is 68.3. The van der Waals surface area contributed by atoms with Crippen LogP contribution in [0.2, 0.25) is 0 Å². The van der Waals surface area contributed by atoms with Gasteiger partial charge in [0.15, 0.2) is 68.8 Å². The highest BCUT2D eigenvalue weighted by molar-refractivity contribution is 6.15. The molecule has 3 saturated heterocycles. The molecule has 0 radical (unpaired) electrons. The maximum Gasteiger partial charge on any atom is 0.276 e. The number of carbonyl (C=O) groups excluding carboxylic acids is 4. The SMILES string of the molecule is O=C(Nc1ccc2c(c1)OCCO2)c1n[nH]c2ccc(-c3cncc(CN4CCC(O)CC4)c3)cc12.O=C(Nc1ccc2c(c1)OCCO2)c1n[nH]c2ccc(-c3cncc(CN4CCC4)c3)cc12.O=C(Nc1ccc2c(c1)OCCO2)c1n[nH]c2ccc(-c3cncc(CN4CCOCC4)c3)cc12.O=C(Nc1ccc2c(c1)OCCO2)c1n[nH]c2ccc(-c3cncc(Oc4ccccc4)c3)cc12. The van der Waals surface area contributed by atoms with Gasteiger partial charge >= 0.3 is 0 Å². The van der Waals surface area contributed by atoms with Gasteiger partial charge in [0.1, 0.15) is 64.4 Å². The number of pyridine rings is 4. The Bertz CT molecular complexity index is 7400. The number of aromatic amines is 4. The van der Waals surface area contributed by atoms with E-state index in [2.05, 4.69) is 115 Å². The van der Waals surface area contributed by atoms with Crippen LogP contribution in [0.4, 0.5) is 22.7 Å². The van der Waals surface area contributed by atoms with E-state index in [0.29, 0.717) is 156 Å². The van der Waals surface area contributed by atoms with Gasteiger partial charge in [-0.2, -0.15) is 20.4 Å². The van der Waals surface area contributed by atoms with Gasteiger partial charge in [-0.15, -0.1) is 0 Å². The average molecular weight is 1860 g/mol. The summed E-state index contributed by atoms with van der Waals surface area (Å²) in [6, 6.07) is 62.8. The summed E-state index contributed by atoms with van der Waals surface area (Å²) in [5.74, 6) is 5.27.